The molecule has 0 saturated carbocycles. The van der Waals surface area contributed by atoms with Crippen LogP contribution in [0.2, 0.25) is 0 Å². The number of fused-ring (bicyclic) bond motifs is 1. The van der Waals surface area contributed by atoms with E-state index in [0.29, 0.717) is 24.3 Å². The first-order valence-corrected chi connectivity index (χ1v) is 7.73. The summed E-state index contributed by atoms with van der Waals surface area (Å²) < 4.78 is 22.7. The summed E-state index contributed by atoms with van der Waals surface area (Å²) in [6.45, 7) is 0.867. The number of hydrogen-bond donors (Lipinski definition) is 1. The third-order valence-electron chi connectivity index (χ3n) is 3.41. The van der Waals surface area contributed by atoms with E-state index in [1.807, 2.05) is 4.90 Å². The lowest BCUT2D eigenvalue weighted by atomic mass is 10.1. The number of sulfone groups is 1. The van der Waals surface area contributed by atoms with Crippen LogP contribution in [0, 0.1) is 0 Å². The van der Waals surface area contributed by atoms with Gasteiger partial charge in [-0.05, 0) is 18.2 Å². The Balaban J connectivity index is 1.87. The zero-order valence-electron chi connectivity index (χ0n) is 10.0. The summed E-state index contributed by atoms with van der Waals surface area (Å²) in [4.78, 5) is 24.7. The van der Waals surface area contributed by atoms with Crippen LogP contribution in [0.15, 0.2) is 18.2 Å². The third kappa shape index (κ3) is 2.10. The number of Topliss-reactive ketones (excluding diaryl/α,β-unsaturated/α-hetero) is 1. The predicted octanol–water partition coefficient (Wildman–Crippen LogP) is 0.0562. The molecule has 1 amide bonds. The van der Waals surface area contributed by atoms with E-state index in [0.717, 1.165) is 5.69 Å². The number of hydrogen-bond acceptors (Lipinski definition) is 5. The van der Waals surface area contributed by atoms with Gasteiger partial charge in [0.15, 0.2) is 9.84 Å². The Morgan fingerprint density at radius 2 is 1.79 bits per heavy atom. The Morgan fingerprint density at radius 3 is 2.47 bits per heavy atom. The molecule has 2 aliphatic heterocycles. The van der Waals surface area contributed by atoms with Gasteiger partial charge in [-0.3, -0.25) is 9.59 Å². The van der Waals surface area contributed by atoms with E-state index < -0.39 is 21.5 Å². The number of carbonyl (C=O) groups is 2. The quantitative estimate of drug-likeness (QED) is 0.735. The van der Waals surface area contributed by atoms with Gasteiger partial charge in [-0.2, -0.15) is 0 Å². The van der Waals surface area contributed by atoms with E-state index in [2.05, 4.69) is 5.32 Å². The van der Waals surface area contributed by atoms with E-state index in [4.69, 9.17) is 0 Å². The molecule has 3 rings (SSSR count). The van der Waals surface area contributed by atoms with Gasteiger partial charge < -0.3 is 10.2 Å². The van der Waals surface area contributed by atoms with Gasteiger partial charge in [-0.25, -0.2) is 8.42 Å². The summed E-state index contributed by atoms with van der Waals surface area (Å²) in [5.41, 5.74) is 1.70. The van der Waals surface area contributed by atoms with Crippen LogP contribution in [0.5, 0.6) is 0 Å². The molecule has 0 bridgehead atoms. The van der Waals surface area contributed by atoms with Crippen LogP contribution in [-0.2, 0) is 14.6 Å². The van der Waals surface area contributed by atoms with Crippen molar-refractivity contribution in [3.63, 3.8) is 0 Å². The second-order valence-electron chi connectivity index (χ2n) is 4.65. The first kappa shape index (κ1) is 12.2. The molecule has 1 aromatic carbocycles. The molecular weight excluding hydrogens is 268 g/mol. The lowest BCUT2D eigenvalue weighted by Crippen LogP contribution is -2.40. The van der Waals surface area contributed by atoms with Crippen molar-refractivity contribution in [1.29, 1.82) is 0 Å². The maximum Gasteiger partial charge on any atom is 0.296 e. The van der Waals surface area contributed by atoms with E-state index in [1.165, 1.54) is 0 Å². The third-order valence-corrected chi connectivity index (χ3v) is 5.02. The Labute approximate surface area is 110 Å². The molecule has 7 heteroatoms. The maximum absolute atomic E-state index is 11.5. The highest BCUT2D eigenvalue weighted by atomic mass is 32.2. The van der Waals surface area contributed by atoms with Gasteiger partial charge in [0, 0.05) is 18.8 Å². The number of nitrogens with zero attached hydrogens (tertiary/aromatic N) is 1. The van der Waals surface area contributed by atoms with Crippen molar-refractivity contribution in [2.45, 2.75) is 0 Å². The summed E-state index contributed by atoms with van der Waals surface area (Å²) >= 11 is 0. The average molecular weight is 280 g/mol. The molecule has 1 fully saturated rings. The van der Waals surface area contributed by atoms with Crippen LogP contribution in [0.3, 0.4) is 0 Å². The number of ketones is 1. The maximum atomic E-state index is 11.5. The van der Waals surface area contributed by atoms with Gasteiger partial charge in [0.25, 0.3) is 11.7 Å². The van der Waals surface area contributed by atoms with E-state index >= 15 is 0 Å². The van der Waals surface area contributed by atoms with Crippen LogP contribution >= 0.6 is 0 Å². The summed E-state index contributed by atoms with van der Waals surface area (Å²) in [6, 6.07) is 5.07. The Bertz CT molecular complexity index is 667. The zero-order chi connectivity index (χ0) is 13.6. The van der Waals surface area contributed by atoms with Gasteiger partial charge in [-0.1, -0.05) is 0 Å². The molecule has 1 saturated heterocycles. The van der Waals surface area contributed by atoms with Crippen LogP contribution < -0.4 is 10.2 Å². The standard InChI is InChI=1S/C12H12N2O4S/c15-11-9-2-1-8(7-10(9)13-12(11)16)14-3-5-19(17,18)6-4-14/h1-2,7H,3-6H2,(H,13,15,16). The molecule has 1 N–H and O–H groups in total. The number of anilines is 2. The lowest BCUT2D eigenvalue weighted by molar-refractivity contribution is -0.112. The highest BCUT2D eigenvalue weighted by molar-refractivity contribution is 7.91. The van der Waals surface area contributed by atoms with Gasteiger partial charge in [-0.15, -0.1) is 0 Å². The van der Waals surface area contributed by atoms with Crippen molar-refractivity contribution < 1.29 is 18.0 Å². The second-order valence-corrected chi connectivity index (χ2v) is 6.96. The van der Waals surface area contributed by atoms with Crippen LogP contribution in [0.4, 0.5) is 11.4 Å². The van der Waals surface area contributed by atoms with Crippen molar-refractivity contribution in [3.05, 3.63) is 23.8 Å². The Morgan fingerprint density at radius 1 is 1.11 bits per heavy atom. The van der Waals surface area contributed by atoms with Crippen molar-refractivity contribution in [3.8, 4) is 0 Å². The topological polar surface area (TPSA) is 83.6 Å². The molecule has 6 nitrogen and oxygen atoms in total. The highest BCUT2D eigenvalue weighted by Crippen LogP contribution is 2.28. The summed E-state index contributed by atoms with van der Waals surface area (Å²) in [6.07, 6.45) is 0. The first-order valence-electron chi connectivity index (χ1n) is 5.91. The van der Waals surface area contributed by atoms with Gasteiger partial charge in [0.05, 0.1) is 22.8 Å². The van der Waals surface area contributed by atoms with E-state index in [9.17, 15) is 18.0 Å². The van der Waals surface area contributed by atoms with E-state index in [1.54, 1.807) is 18.2 Å². The monoisotopic (exact) mass is 280 g/mol. The fraction of sp³-hybridized carbons (Fsp3) is 0.333. The first-order chi connectivity index (χ1) is 8.96. The fourth-order valence-corrected chi connectivity index (χ4v) is 3.50. The summed E-state index contributed by atoms with van der Waals surface area (Å²) in [5.74, 6) is -0.874. The fourth-order valence-electron chi connectivity index (χ4n) is 2.30. The molecule has 0 atom stereocenters. The molecule has 19 heavy (non-hydrogen) atoms. The Hall–Kier alpha value is -1.89. The summed E-state index contributed by atoms with van der Waals surface area (Å²) in [5, 5.41) is 2.51. The number of carbonyl (C=O) groups excluding carboxylic acids is 2. The molecule has 100 valence electrons. The van der Waals surface area contributed by atoms with Gasteiger partial charge in [0.1, 0.15) is 0 Å². The second kappa shape index (κ2) is 4.06. The molecule has 0 radical (unpaired) electrons. The molecule has 2 aliphatic rings. The molecule has 0 spiro atoms. The number of nitrogens with one attached hydrogen (secondary N) is 1. The SMILES string of the molecule is O=C1Nc2cc(N3CCS(=O)(=O)CC3)ccc2C1=O. The van der Waals surface area contributed by atoms with Crippen LogP contribution in [-0.4, -0.2) is 44.7 Å². The Kier molecular flexibility index (Phi) is 2.60. The normalized spacial score (nSPS) is 21.2. The smallest absolute Gasteiger partial charge is 0.296 e. The highest BCUT2D eigenvalue weighted by Gasteiger charge is 2.29. The lowest BCUT2D eigenvalue weighted by Gasteiger charge is -2.29. The predicted molar refractivity (Wildman–Crippen MR) is 70.3 cm³/mol. The zero-order valence-corrected chi connectivity index (χ0v) is 10.9. The van der Waals surface area contributed by atoms with E-state index in [-0.39, 0.29) is 11.5 Å². The number of benzene rings is 1. The summed E-state index contributed by atoms with van der Waals surface area (Å²) in [7, 11) is -2.92. The number of rotatable bonds is 1. The van der Waals surface area contributed by atoms with Crippen molar-refractivity contribution in [2.24, 2.45) is 0 Å². The van der Waals surface area contributed by atoms with Crippen molar-refractivity contribution >= 4 is 32.9 Å². The minimum Gasteiger partial charge on any atom is -0.369 e. The minimum atomic E-state index is -2.92. The largest absolute Gasteiger partial charge is 0.369 e. The van der Waals surface area contributed by atoms with Gasteiger partial charge >= 0.3 is 0 Å². The minimum absolute atomic E-state index is 0.134. The molecule has 0 aromatic heterocycles. The molecular formula is C12H12N2O4S. The average Bonchev–Trinajstić information content (AvgIpc) is 2.64. The van der Waals surface area contributed by atoms with Crippen molar-refractivity contribution in [2.75, 3.05) is 34.8 Å². The molecule has 1 aromatic rings. The molecule has 2 heterocycles. The molecule has 0 aliphatic carbocycles. The van der Waals surface area contributed by atoms with Crippen LogP contribution in [0.1, 0.15) is 10.4 Å². The molecule has 0 unspecified atom stereocenters. The van der Waals surface area contributed by atoms with Crippen LogP contribution in [0.25, 0.3) is 0 Å². The van der Waals surface area contributed by atoms with Crippen molar-refractivity contribution in [1.82, 2.24) is 0 Å². The van der Waals surface area contributed by atoms with Gasteiger partial charge in [0.2, 0.25) is 0 Å². The number of amides is 1.